The largest absolute Gasteiger partial charge is 0.350 e. The molecule has 0 aromatic heterocycles. The standard InChI is InChI=1S/C14H19BrFNO2/c1-2-17-12(9-14-18-5-6-19-14)7-10-3-4-11(16)8-13(10)15/h3-4,8,12,14,17H,2,5-7,9H2,1H3. The lowest BCUT2D eigenvalue weighted by Gasteiger charge is -2.21. The maximum atomic E-state index is 13.1. The van der Waals surface area contributed by atoms with Crippen molar-refractivity contribution in [3.63, 3.8) is 0 Å². The number of nitrogens with one attached hydrogen (secondary N) is 1. The number of ether oxygens (including phenoxy) is 2. The molecule has 106 valence electrons. The minimum absolute atomic E-state index is 0.122. The van der Waals surface area contributed by atoms with Gasteiger partial charge in [-0.1, -0.05) is 28.9 Å². The van der Waals surface area contributed by atoms with Crippen LogP contribution in [0.25, 0.3) is 0 Å². The summed E-state index contributed by atoms with van der Waals surface area (Å²) in [6, 6.07) is 5.07. The summed E-state index contributed by atoms with van der Waals surface area (Å²) in [5.74, 6) is -0.224. The van der Waals surface area contributed by atoms with E-state index < -0.39 is 0 Å². The molecule has 1 aromatic rings. The van der Waals surface area contributed by atoms with Crippen LogP contribution in [0.1, 0.15) is 18.9 Å². The van der Waals surface area contributed by atoms with Crippen LogP contribution in [0.3, 0.4) is 0 Å². The molecule has 1 aliphatic rings. The summed E-state index contributed by atoms with van der Waals surface area (Å²) in [6.45, 7) is 4.30. The highest BCUT2D eigenvalue weighted by Gasteiger charge is 2.21. The first-order valence-electron chi connectivity index (χ1n) is 6.59. The first-order chi connectivity index (χ1) is 9.19. The number of benzene rings is 1. The van der Waals surface area contributed by atoms with Crippen molar-refractivity contribution in [2.24, 2.45) is 0 Å². The topological polar surface area (TPSA) is 30.5 Å². The smallest absolute Gasteiger partial charge is 0.159 e. The molecule has 3 nitrogen and oxygen atoms in total. The van der Waals surface area contributed by atoms with E-state index in [9.17, 15) is 4.39 Å². The lowest BCUT2D eigenvalue weighted by atomic mass is 10.0. The van der Waals surface area contributed by atoms with E-state index in [1.54, 1.807) is 0 Å². The molecule has 1 saturated heterocycles. The number of rotatable bonds is 6. The van der Waals surface area contributed by atoms with Crippen LogP contribution in [-0.2, 0) is 15.9 Å². The summed E-state index contributed by atoms with van der Waals surface area (Å²) in [4.78, 5) is 0. The molecule has 0 amide bonds. The van der Waals surface area contributed by atoms with Crippen LogP contribution in [0.5, 0.6) is 0 Å². The summed E-state index contributed by atoms with van der Waals surface area (Å²) < 4.78 is 24.8. The van der Waals surface area contributed by atoms with Gasteiger partial charge in [0.05, 0.1) is 13.2 Å². The van der Waals surface area contributed by atoms with Gasteiger partial charge in [-0.05, 0) is 30.7 Å². The molecule has 0 saturated carbocycles. The zero-order valence-corrected chi connectivity index (χ0v) is 12.6. The highest BCUT2D eigenvalue weighted by atomic mass is 79.9. The fourth-order valence-electron chi connectivity index (χ4n) is 2.26. The number of likely N-dealkylation sites (N-methyl/N-ethyl adjacent to an activating group) is 1. The van der Waals surface area contributed by atoms with Crippen molar-refractivity contribution in [2.75, 3.05) is 19.8 Å². The quantitative estimate of drug-likeness (QED) is 0.869. The van der Waals surface area contributed by atoms with Crippen molar-refractivity contribution in [1.82, 2.24) is 5.32 Å². The maximum Gasteiger partial charge on any atom is 0.159 e. The van der Waals surface area contributed by atoms with Gasteiger partial charge in [0.25, 0.3) is 0 Å². The third kappa shape index (κ3) is 4.53. The number of hydrogen-bond acceptors (Lipinski definition) is 3. The minimum Gasteiger partial charge on any atom is -0.350 e. The molecule has 1 aromatic carbocycles. The Balaban J connectivity index is 1.98. The predicted octanol–water partition coefficient (Wildman–Crippen LogP) is 2.87. The first-order valence-corrected chi connectivity index (χ1v) is 7.39. The SMILES string of the molecule is CCNC(Cc1ccc(F)cc1Br)CC1OCCO1. The predicted molar refractivity (Wildman–Crippen MR) is 75.6 cm³/mol. The molecule has 0 aliphatic carbocycles. The van der Waals surface area contributed by atoms with Gasteiger partial charge >= 0.3 is 0 Å². The average molecular weight is 332 g/mol. The van der Waals surface area contributed by atoms with Crippen LogP contribution in [0, 0.1) is 5.82 Å². The summed E-state index contributed by atoms with van der Waals surface area (Å²) in [5.41, 5.74) is 1.09. The fraction of sp³-hybridized carbons (Fsp3) is 0.571. The van der Waals surface area contributed by atoms with Crippen LogP contribution >= 0.6 is 15.9 Å². The minimum atomic E-state index is -0.224. The second kappa shape index (κ2) is 7.33. The van der Waals surface area contributed by atoms with Gasteiger partial charge in [-0.15, -0.1) is 0 Å². The third-order valence-electron chi connectivity index (χ3n) is 3.14. The Labute approximate surface area is 121 Å². The molecular formula is C14H19BrFNO2. The lowest BCUT2D eigenvalue weighted by Crippen LogP contribution is -2.34. The van der Waals surface area contributed by atoms with Crippen molar-refractivity contribution in [3.8, 4) is 0 Å². The lowest BCUT2D eigenvalue weighted by molar-refractivity contribution is -0.0525. The fourth-order valence-corrected chi connectivity index (χ4v) is 2.77. The van der Waals surface area contributed by atoms with Gasteiger partial charge in [-0.25, -0.2) is 4.39 Å². The number of hydrogen-bond donors (Lipinski definition) is 1. The highest BCUT2D eigenvalue weighted by molar-refractivity contribution is 9.10. The number of halogens is 2. The van der Waals surface area contributed by atoms with Crippen LogP contribution in [0.2, 0.25) is 0 Å². The highest BCUT2D eigenvalue weighted by Crippen LogP contribution is 2.21. The molecule has 5 heteroatoms. The van der Waals surface area contributed by atoms with E-state index in [-0.39, 0.29) is 18.1 Å². The van der Waals surface area contributed by atoms with Gasteiger partial charge in [0, 0.05) is 16.9 Å². The van der Waals surface area contributed by atoms with Crippen LogP contribution in [-0.4, -0.2) is 32.1 Å². The molecule has 1 aliphatic heterocycles. The Morgan fingerprint density at radius 2 is 2.16 bits per heavy atom. The van der Waals surface area contributed by atoms with E-state index in [0.717, 1.165) is 29.4 Å². The molecule has 0 radical (unpaired) electrons. The summed E-state index contributed by atoms with van der Waals surface area (Å²) in [7, 11) is 0. The average Bonchev–Trinajstić information content (AvgIpc) is 2.86. The van der Waals surface area contributed by atoms with Crippen molar-refractivity contribution >= 4 is 15.9 Å². The van der Waals surface area contributed by atoms with Crippen LogP contribution < -0.4 is 5.32 Å². The Bertz CT molecular complexity index is 410. The molecule has 1 unspecified atom stereocenters. The van der Waals surface area contributed by atoms with Crippen molar-refractivity contribution in [1.29, 1.82) is 0 Å². The first kappa shape index (κ1) is 14.9. The molecule has 2 rings (SSSR count). The van der Waals surface area contributed by atoms with E-state index >= 15 is 0 Å². The van der Waals surface area contributed by atoms with E-state index in [4.69, 9.17) is 9.47 Å². The van der Waals surface area contributed by atoms with Crippen molar-refractivity contribution in [3.05, 3.63) is 34.1 Å². The van der Waals surface area contributed by atoms with E-state index in [2.05, 4.69) is 28.2 Å². The van der Waals surface area contributed by atoms with E-state index in [1.165, 1.54) is 12.1 Å². The Kier molecular flexibility index (Phi) is 5.76. The third-order valence-corrected chi connectivity index (χ3v) is 3.88. The molecule has 0 spiro atoms. The summed E-state index contributed by atoms with van der Waals surface area (Å²) in [5, 5.41) is 3.43. The summed E-state index contributed by atoms with van der Waals surface area (Å²) >= 11 is 3.41. The molecule has 1 heterocycles. The van der Waals surface area contributed by atoms with Crippen molar-refractivity contribution < 1.29 is 13.9 Å². The van der Waals surface area contributed by atoms with E-state index in [0.29, 0.717) is 13.2 Å². The Morgan fingerprint density at radius 1 is 1.42 bits per heavy atom. The van der Waals surface area contributed by atoms with Gasteiger partial charge in [-0.2, -0.15) is 0 Å². The zero-order valence-electron chi connectivity index (χ0n) is 11.0. The van der Waals surface area contributed by atoms with Gasteiger partial charge < -0.3 is 14.8 Å². The Hall–Kier alpha value is -0.490. The molecule has 0 bridgehead atoms. The van der Waals surface area contributed by atoms with Crippen LogP contribution in [0.15, 0.2) is 22.7 Å². The Morgan fingerprint density at radius 3 is 2.79 bits per heavy atom. The molecule has 1 atom stereocenters. The second-order valence-electron chi connectivity index (χ2n) is 4.60. The summed E-state index contributed by atoms with van der Waals surface area (Å²) in [6.07, 6.45) is 1.50. The van der Waals surface area contributed by atoms with Gasteiger partial charge in [-0.3, -0.25) is 0 Å². The van der Waals surface area contributed by atoms with Gasteiger partial charge in [0.1, 0.15) is 5.82 Å². The normalized spacial score (nSPS) is 17.8. The maximum absolute atomic E-state index is 13.1. The molecule has 19 heavy (non-hydrogen) atoms. The van der Waals surface area contributed by atoms with Crippen LogP contribution in [0.4, 0.5) is 4.39 Å². The molecule has 1 fully saturated rings. The monoisotopic (exact) mass is 331 g/mol. The van der Waals surface area contributed by atoms with Gasteiger partial charge in [0.2, 0.25) is 0 Å². The second-order valence-corrected chi connectivity index (χ2v) is 5.46. The van der Waals surface area contributed by atoms with E-state index in [1.807, 2.05) is 6.07 Å². The van der Waals surface area contributed by atoms with Crippen molar-refractivity contribution in [2.45, 2.75) is 32.1 Å². The van der Waals surface area contributed by atoms with Gasteiger partial charge in [0.15, 0.2) is 6.29 Å². The molecular weight excluding hydrogens is 313 g/mol. The molecule has 1 N–H and O–H groups in total. The zero-order chi connectivity index (χ0) is 13.7.